The number of hydrogen-bond donors (Lipinski definition) is 1. The molecular formula is C17H31NO3. The molecule has 0 aromatic carbocycles. The van der Waals surface area contributed by atoms with Crippen LogP contribution in [-0.4, -0.2) is 49.3 Å². The number of piperidine rings is 1. The van der Waals surface area contributed by atoms with E-state index in [0.29, 0.717) is 13.2 Å². The van der Waals surface area contributed by atoms with Gasteiger partial charge in [0, 0.05) is 25.6 Å². The van der Waals surface area contributed by atoms with E-state index in [0.717, 1.165) is 25.8 Å². The van der Waals surface area contributed by atoms with E-state index >= 15 is 0 Å². The van der Waals surface area contributed by atoms with E-state index in [2.05, 4.69) is 19.9 Å². The van der Waals surface area contributed by atoms with Gasteiger partial charge in [-0.3, -0.25) is 4.79 Å². The Balaban J connectivity index is 2.82. The summed E-state index contributed by atoms with van der Waals surface area (Å²) in [5, 5.41) is 9.87. The average molecular weight is 297 g/mol. The third-order valence-electron chi connectivity index (χ3n) is 4.31. The summed E-state index contributed by atoms with van der Waals surface area (Å²) < 4.78 is 5.17. The molecule has 1 fully saturated rings. The van der Waals surface area contributed by atoms with Gasteiger partial charge >= 0.3 is 0 Å². The Morgan fingerprint density at radius 1 is 1.43 bits per heavy atom. The quantitative estimate of drug-likeness (QED) is 0.767. The van der Waals surface area contributed by atoms with E-state index in [-0.39, 0.29) is 17.9 Å². The summed E-state index contributed by atoms with van der Waals surface area (Å²) in [4.78, 5) is 14.6. The number of rotatable bonds is 6. The molecule has 0 unspecified atom stereocenters. The summed E-state index contributed by atoms with van der Waals surface area (Å²) in [7, 11) is 1.62. The number of carbonyl (C=O) groups is 1. The summed E-state index contributed by atoms with van der Waals surface area (Å²) >= 11 is 0. The molecule has 1 amide bonds. The molecule has 1 aliphatic rings. The molecule has 0 saturated carbocycles. The fourth-order valence-electron chi connectivity index (χ4n) is 3.01. The van der Waals surface area contributed by atoms with Gasteiger partial charge in [-0.15, -0.1) is 0 Å². The van der Waals surface area contributed by atoms with Crippen molar-refractivity contribution in [2.75, 3.05) is 33.4 Å². The van der Waals surface area contributed by atoms with Crippen LogP contribution < -0.4 is 0 Å². The molecule has 0 radical (unpaired) electrons. The van der Waals surface area contributed by atoms with Gasteiger partial charge in [-0.2, -0.15) is 0 Å². The van der Waals surface area contributed by atoms with Gasteiger partial charge in [0.15, 0.2) is 0 Å². The van der Waals surface area contributed by atoms with Crippen LogP contribution in [0, 0.1) is 10.8 Å². The van der Waals surface area contributed by atoms with Crippen molar-refractivity contribution < 1.29 is 14.6 Å². The van der Waals surface area contributed by atoms with Crippen LogP contribution in [0.3, 0.4) is 0 Å². The molecular weight excluding hydrogens is 266 g/mol. The molecule has 0 bridgehead atoms. The highest BCUT2D eigenvalue weighted by Crippen LogP contribution is 2.35. The molecule has 1 aliphatic heterocycles. The number of methoxy groups -OCH3 is 1. The van der Waals surface area contributed by atoms with Crippen molar-refractivity contribution in [3.05, 3.63) is 11.6 Å². The van der Waals surface area contributed by atoms with Crippen molar-refractivity contribution in [1.82, 2.24) is 4.90 Å². The SMILES string of the molecule is COCC(C)(C)C(=O)N1CCC[C@](CO)(CC=C(C)C)C1. The molecule has 1 saturated heterocycles. The van der Waals surface area contributed by atoms with Gasteiger partial charge < -0.3 is 14.7 Å². The lowest BCUT2D eigenvalue weighted by Gasteiger charge is -2.43. The minimum absolute atomic E-state index is 0.124. The Morgan fingerprint density at radius 3 is 2.62 bits per heavy atom. The molecule has 4 heteroatoms. The summed E-state index contributed by atoms with van der Waals surface area (Å²) in [6.07, 6.45) is 4.93. The van der Waals surface area contributed by atoms with Crippen molar-refractivity contribution in [3.63, 3.8) is 0 Å². The Morgan fingerprint density at radius 2 is 2.10 bits per heavy atom. The highest BCUT2D eigenvalue weighted by Gasteiger charge is 2.40. The van der Waals surface area contributed by atoms with Gasteiger partial charge in [-0.25, -0.2) is 0 Å². The molecule has 1 heterocycles. The van der Waals surface area contributed by atoms with Crippen LogP contribution in [0.15, 0.2) is 11.6 Å². The first-order valence-corrected chi connectivity index (χ1v) is 7.79. The Kier molecular flexibility index (Phi) is 6.41. The van der Waals surface area contributed by atoms with Gasteiger partial charge in [-0.1, -0.05) is 11.6 Å². The first-order chi connectivity index (χ1) is 9.76. The van der Waals surface area contributed by atoms with Crippen LogP contribution in [0.1, 0.15) is 47.0 Å². The standard InChI is InChI=1S/C17H31NO3/c1-14(2)7-9-17(12-19)8-6-10-18(11-17)15(20)16(3,4)13-21-5/h7,19H,6,8-13H2,1-5H3/t17-/m0/s1. The number of hydrogen-bond acceptors (Lipinski definition) is 3. The zero-order chi connectivity index (χ0) is 16.1. The van der Waals surface area contributed by atoms with Crippen LogP contribution in [0.2, 0.25) is 0 Å². The van der Waals surface area contributed by atoms with E-state index in [9.17, 15) is 9.90 Å². The summed E-state index contributed by atoms with van der Waals surface area (Å²) in [5.74, 6) is 0.124. The van der Waals surface area contributed by atoms with Crippen LogP contribution in [-0.2, 0) is 9.53 Å². The van der Waals surface area contributed by atoms with E-state index in [4.69, 9.17) is 4.74 Å². The van der Waals surface area contributed by atoms with Gasteiger partial charge in [0.25, 0.3) is 0 Å². The molecule has 1 rings (SSSR count). The molecule has 1 atom stereocenters. The zero-order valence-corrected chi connectivity index (χ0v) is 14.2. The second-order valence-electron chi connectivity index (χ2n) is 7.29. The lowest BCUT2D eigenvalue weighted by atomic mass is 9.76. The summed E-state index contributed by atoms with van der Waals surface area (Å²) in [6, 6.07) is 0. The highest BCUT2D eigenvalue weighted by atomic mass is 16.5. The number of ether oxygens (including phenoxy) is 1. The maximum absolute atomic E-state index is 12.7. The fraction of sp³-hybridized carbons (Fsp3) is 0.824. The van der Waals surface area contributed by atoms with Crippen LogP contribution in [0.4, 0.5) is 0 Å². The predicted octanol–water partition coefficient (Wildman–Crippen LogP) is 2.62. The number of likely N-dealkylation sites (tertiary alicyclic amines) is 1. The topological polar surface area (TPSA) is 49.8 Å². The Labute approximate surface area is 129 Å². The lowest BCUT2D eigenvalue weighted by molar-refractivity contribution is -0.147. The monoisotopic (exact) mass is 297 g/mol. The van der Waals surface area contributed by atoms with Gasteiger partial charge in [-0.05, 0) is 47.0 Å². The minimum Gasteiger partial charge on any atom is -0.396 e. The van der Waals surface area contributed by atoms with Gasteiger partial charge in [0.05, 0.1) is 18.6 Å². The second kappa shape index (κ2) is 7.41. The number of nitrogens with zero attached hydrogens (tertiary/aromatic N) is 1. The third kappa shape index (κ3) is 4.82. The predicted molar refractivity (Wildman–Crippen MR) is 85.0 cm³/mol. The van der Waals surface area contributed by atoms with Crippen molar-refractivity contribution >= 4 is 5.91 Å². The molecule has 21 heavy (non-hydrogen) atoms. The average Bonchev–Trinajstić information content (AvgIpc) is 2.44. The van der Waals surface area contributed by atoms with E-state index in [1.807, 2.05) is 18.7 Å². The number of carbonyl (C=O) groups excluding carboxylic acids is 1. The van der Waals surface area contributed by atoms with Crippen LogP contribution in [0.25, 0.3) is 0 Å². The van der Waals surface area contributed by atoms with E-state index in [1.54, 1.807) is 7.11 Å². The maximum Gasteiger partial charge on any atom is 0.230 e. The largest absolute Gasteiger partial charge is 0.396 e. The number of allylic oxidation sites excluding steroid dienone is 2. The van der Waals surface area contributed by atoms with Gasteiger partial charge in [0.1, 0.15) is 0 Å². The van der Waals surface area contributed by atoms with Crippen molar-refractivity contribution in [3.8, 4) is 0 Å². The minimum atomic E-state index is -0.510. The highest BCUT2D eigenvalue weighted by molar-refractivity contribution is 5.82. The molecule has 0 aliphatic carbocycles. The molecule has 1 N–H and O–H groups in total. The zero-order valence-electron chi connectivity index (χ0n) is 14.2. The third-order valence-corrected chi connectivity index (χ3v) is 4.31. The lowest BCUT2D eigenvalue weighted by Crippen LogP contribution is -2.52. The molecule has 0 spiro atoms. The molecule has 4 nitrogen and oxygen atoms in total. The fourth-order valence-corrected chi connectivity index (χ4v) is 3.01. The van der Waals surface area contributed by atoms with E-state index in [1.165, 1.54) is 5.57 Å². The van der Waals surface area contributed by atoms with Crippen LogP contribution >= 0.6 is 0 Å². The Bertz CT molecular complexity index is 385. The van der Waals surface area contributed by atoms with Crippen molar-refractivity contribution in [1.29, 1.82) is 0 Å². The normalized spacial score (nSPS) is 23.0. The second-order valence-corrected chi connectivity index (χ2v) is 7.29. The van der Waals surface area contributed by atoms with Gasteiger partial charge in [0.2, 0.25) is 5.91 Å². The van der Waals surface area contributed by atoms with Crippen molar-refractivity contribution in [2.24, 2.45) is 10.8 Å². The van der Waals surface area contributed by atoms with E-state index < -0.39 is 5.41 Å². The first-order valence-electron chi connectivity index (χ1n) is 7.79. The van der Waals surface area contributed by atoms with Crippen LogP contribution in [0.5, 0.6) is 0 Å². The van der Waals surface area contributed by atoms with Crippen molar-refractivity contribution in [2.45, 2.75) is 47.0 Å². The smallest absolute Gasteiger partial charge is 0.230 e. The summed E-state index contributed by atoms with van der Waals surface area (Å²) in [6.45, 7) is 9.95. The summed E-state index contributed by atoms with van der Waals surface area (Å²) in [5.41, 5.74) is 0.559. The number of amides is 1. The number of aliphatic hydroxyl groups excluding tert-OH is 1. The maximum atomic E-state index is 12.7. The number of aliphatic hydroxyl groups is 1. The Hall–Kier alpha value is -0.870. The first kappa shape index (κ1) is 18.2. The molecule has 0 aromatic rings. The molecule has 122 valence electrons. The molecule has 0 aromatic heterocycles.